The topological polar surface area (TPSA) is 46.5 Å². The molecule has 0 aliphatic carbocycles. The van der Waals surface area contributed by atoms with Crippen LogP contribution in [0.5, 0.6) is 0 Å². The van der Waals surface area contributed by atoms with E-state index in [1.807, 2.05) is 0 Å². The highest BCUT2D eigenvalue weighted by Crippen LogP contribution is 2.07. The van der Waals surface area contributed by atoms with Gasteiger partial charge in [0.2, 0.25) is 0 Å². The number of unbranched alkanes of at least 4 members (excludes halogenated alkanes) is 6. The summed E-state index contributed by atoms with van der Waals surface area (Å²) in [7, 11) is 0. The maximum Gasteiger partial charge on any atom is 0.307 e. The van der Waals surface area contributed by atoms with Gasteiger partial charge in [0.25, 0.3) is 0 Å². The minimum atomic E-state index is -0.840. The molecule has 0 bridgehead atoms. The van der Waals surface area contributed by atoms with Crippen molar-refractivity contribution in [2.45, 2.75) is 64.7 Å². The van der Waals surface area contributed by atoms with E-state index in [1.165, 1.54) is 51.0 Å². The van der Waals surface area contributed by atoms with Crippen LogP contribution in [0.4, 0.5) is 0 Å². The summed E-state index contributed by atoms with van der Waals surface area (Å²) >= 11 is 0. The standard InChI is InChI=1S/C18H30O3/c1-2-3-4-5-6-7-8-9-10-13-16-21-17-14-11-12-15-18(19)20/h9-10,12,14H,2-8,13,15-17H2,1H3,(H,19,20). The molecule has 0 saturated carbocycles. The van der Waals surface area contributed by atoms with Crippen molar-refractivity contribution >= 4 is 5.97 Å². The highest BCUT2D eigenvalue weighted by molar-refractivity contribution is 5.68. The first-order chi connectivity index (χ1) is 10.3. The Kier molecular flexibility index (Phi) is 15.7. The zero-order valence-electron chi connectivity index (χ0n) is 13.4. The fraction of sp³-hybridized carbons (Fsp3) is 0.667. The largest absolute Gasteiger partial charge is 0.481 e. The van der Waals surface area contributed by atoms with Crippen molar-refractivity contribution in [2.24, 2.45) is 0 Å². The monoisotopic (exact) mass is 294 g/mol. The van der Waals surface area contributed by atoms with Gasteiger partial charge in [0.05, 0.1) is 19.6 Å². The number of rotatable bonds is 14. The average Bonchev–Trinajstić information content (AvgIpc) is 2.46. The van der Waals surface area contributed by atoms with Gasteiger partial charge in [0.15, 0.2) is 0 Å². The lowest BCUT2D eigenvalue weighted by atomic mass is 10.1. The molecule has 3 heteroatoms. The maximum absolute atomic E-state index is 10.2. The maximum atomic E-state index is 10.2. The Morgan fingerprint density at radius 2 is 1.76 bits per heavy atom. The van der Waals surface area contributed by atoms with Gasteiger partial charge >= 0.3 is 5.97 Å². The summed E-state index contributed by atoms with van der Waals surface area (Å²) in [5.74, 6) is -0.840. The van der Waals surface area contributed by atoms with Crippen LogP contribution in [0, 0.1) is 0 Å². The van der Waals surface area contributed by atoms with Gasteiger partial charge in [-0.1, -0.05) is 51.2 Å². The van der Waals surface area contributed by atoms with E-state index >= 15 is 0 Å². The first-order valence-electron chi connectivity index (χ1n) is 8.11. The molecule has 0 unspecified atom stereocenters. The van der Waals surface area contributed by atoms with Crippen LogP contribution in [0.25, 0.3) is 0 Å². The highest BCUT2D eigenvalue weighted by atomic mass is 16.5. The minimum absolute atomic E-state index is 0.0116. The quantitative estimate of drug-likeness (QED) is 0.282. The lowest BCUT2D eigenvalue weighted by Crippen LogP contribution is -1.92. The van der Waals surface area contributed by atoms with Crippen molar-refractivity contribution in [1.82, 2.24) is 0 Å². The minimum Gasteiger partial charge on any atom is -0.481 e. The second-order valence-corrected chi connectivity index (χ2v) is 5.06. The van der Waals surface area contributed by atoms with E-state index < -0.39 is 5.97 Å². The second kappa shape index (κ2) is 16.7. The van der Waals surface area contributed by atoms with E-state index in [0.29, 0.717) is 13.2 Å². The van der Waals surface area contributed by atoms with Crippen LogP contribution in [0.15, 0.2) is 30.0 Å². The number of carboxylic acid groups (broad SMARTS) is 1. The Balaban J connectivity index is 3.25. The summed E-state index contributed by atoms with van der Waals surface area (Å²) in [6, 6.07) is 0. The van der Waals surface area contributed by atoms with Gasteiger partial charge in [-0.3, -0.25) is 4.79 Å². The number of carbonyl (C=O) groups is 1. The summed E-state index contributed by atoms with van der Waals surface area (Å²) in [5, 5.41) is 8.40. The number of allylic oxidation sites excluding steroid dienone is 1. The van der Waals surface area contributed by atoms with Gasteiger partial charge in [0, 0.05) is 0 Å². The molecule has 21 heavy (non-hydrogen) atoms. The summed E-state index contributed by atoms with van der Waals surface area (Å²) < 4.78 is 5.38. The highest BCUT2D eigenvalue weighted by Gasteiger charge is 1.88. The normalized spacial score (nSPS) is 10.5. The summed E-state index contributed by atoms with van der Waals surface area (Å²) in [6.45, 7) is 3.43. The molecular formula is C18H30O3. The van der Waals surface area contributed by atoms with Gasteiger partial charge < -0.3 is 9.84 Å². The van der Waals surface area contributed by atoms with Crippen LogP contribution >= 0.6 is 0 Å². The molecule has 0 atom stereocenters. The van der Waals surface area contributed by atoms with Gasteiger partial charge in [-0.05, 0) is 31.4 Å². The second-order valence-electron chi connectivity index (χ2n) is 5.06. The Hall–Kier alpha value is -1.31. The fourth-order valence-electron chi connectivity index (χ4n) is 1.85. The van der Waals surface area contributed by atoms with Crippen molar-refractivity contribution in [3.8, 4) is 0 Å². The molecule has 0 aliphatic heterocycles. The average molecular weight is 294 g/mol. The third kappa shape index (κ3) is 18.7. The molecule has 3 nitrogen and oxygen atoms in total. The van der Waals surface area contributed by atoms with Crippen LogP contribution in [-0.4, -0.2) is 24.3 Å². The van der Waals surface area contributed by atoms with Crippen molar-refractivity contribution in [3.63, 3.8) is 0 Å². The Morgan fingerprint density at radius 1 is 1.05 bits per heavy atom. The van der Waals surface area contributed by atoms with Crippen LogP contribution in [-0.2, 0) is 9.53 Å². The molecule has 0 fully saturated rings. The van der Waals surface area contributed by atoms with Gasteiger partial charge in [0.1, 0.15) is 0 Å². The van der Waals surface area contributed by atoms with Crippen LogP contribution in [0.1, 0.15) is 64.7 Å². The first-order valence-corrected chi connectivity index (χ1v) is 8.11. The molecule has 0 aromatic heterocycles. The molecule has 0 aromatic carbocycles. The molecule has 1 N–H and O–H groups in total. The lowest BCUT2D eigenvalue weighted by molar-refractivity contribution is -0.135. The van der Waals surface area contributed by atoms with Crippen molar-refractivity contribution in [1.29, 1.82) is 0 Å². The molecule has 0 saturated heterocycles. The Morgan fingerprint density at radius 3 is 2.52 bits per heavy atom. The zero-order valence-corrected chi connectivity index (χ0v) is 13.4. The first kappa shape index (κ1) is 19.7. The van der Waals surface area contributed by atoms with E-state index in [0.717, 1.165) is 6.42 Å². The number of hydrogen-bond acceptors (Lipinski definition) is 2. The van der Waals surface area contributed by atoms with Crippen molar-refractivity contribution in [3.05, 3.63) is 30.0 Å². The predicted octanol–water partition coefficient (Wildman–Crippen LogP) is 4.89. The number of carboxylic acids is 1. The van der Waals surface area contributed by atoms with Gasteiger partial charge in [-0.25, -0.2) is 0 Å². The smallest absolute Gasteiger partial charge is 0.307 e. The van der Waals surface area contributed by atoms with Crippen molar-refractivity contribution in [2.75, 3.05) is 13.2 Å². The predicted molar refractivity (Wildman–Crippen MR) is 87.5 cm³/mol. The fourth-order valence-corrected chi connectivity index (χ4v) is 1.85. The molecule has 0 spiro atoms. The molecule has 0 heterocycles. The Labute approximate surface area is 129 Å². The number of hydrogen-bond donors (Lipinski definition) is 1. The van der Waals surface area contributed by atoms with Crippen LogP contribution in [0.3, 0.4) is 0 Å². The van der Waals surface area contributed by atoms with E-state index in [-0.39, 0.29) is 6.42 Å². The summed E-state index contributed by atoms with van der Waals surface area (Å²) in [6.07, 6.45) is 17.8. The molecular weight excluding hydrogens is 264 g/mol. The van der Waals surface area contributed by atoms with Crippen LogP contribution < -0.4 is 0 Å². The molecule has 0 aromatic rings. The van der Waals surface area contributed by atoms with E-state index in [9.17, 15) is 4.79 Å². The van der Waals surface area contributed by atoms with Crippen molar-refractivity contribution < 1.29 is 14.6 Å². The molecule has 0 radical (unpaired) electrons. The third-order valence-electron chi connectivity index (χ3n) is 3.03. The number of ether oxygens (including phenoxy) is 1. The van der Waals surface area contributed by atoms with E-state index in [2.05, 4.69) is 24.8 Å². The molecule has 0 aliphatic rings. The third-order valence-corrected chi connectivity index (χ3v) is 3.03. The molecule has 120 valence electrons. The SMILES string of the molecule is CCCCCCCCC=CCCOCC=C=CCC(=O)O. The summed E-state index contributed by atoms with van der Waals surface area (Å²) in [5.41, 5.74) is 2.78. The van der Waals surface area contributed by atoms with Crippen LogP contribution in [0.2, 0.25) is 0 Å². The van der Waals surface area contributed by atoms with E-state index in [1.54, 1.807) is 6.08 Å². The van der Waals surface area contributed by atoms with Gasteiger partial charge in [-0.15, -0.1) is 5.73 Å². The zero-order chi connectivity index (χ0) is 15.6. The van der Waals surface area contributed by atoms with Gasteiger partial charge in [-0.2, -0.15) is 0 Å². The molecule has 0 amide bonds. The number of aliphatic carboxylic acids is 1. The Bertz CT molecular complexity index is 325. The van der Waals surface area contributed by atoms with E-state index in [4.69, 9.17) is 9.84 Å². The summed E-state index contributed by atoms with van der Waals surface area (Å²) in [4.78, 5) is 10.2. The lowest BCUT2D eigenvalue weighted by Gasteiger charge is -1.98. The molecule has 0 rings (SSSR count).